The van der Waals surface area contributed by atoms with E-state index < -0.39 is 11.8 Å². The first-order valence-electron chi connectivity index (χ1n) is 9.66. The van der Waals surface area contributed by atoms with Crippen molar-refractivity contribution in [3.8, 4) is 0 Å². The van der Waals surface area contributed by atoms with E-state index in [-0.39, 0.29) is 28.2 Å². The molecule has 0 aliphatic carbocycles. The predicted molar refractivity (Wildman–Crippen MR) is 122 cm³/mol. The maximum absolute atomic E-state index is 13.9. The van der Waals surface area contributed by atoms with Gasteiger partial charge in [0.2, 0.25) is 0 Å². The standard InChI is InChI=1S/C24H17Cl2FN2O3/c25-18-8-6-15(10-19(18)27)13-29-20-9-7-16(11-17(20)21(26)22(29)24(31)32)23(30)28-12-14-4-2-1-3-5-14/h1-11H,12-13H2,(H,28,30)(H,31,32). The number of rotatable bonds is 6. The van der Waals surface area contributed by atoms with Crippen LogP contribution in [0, 0.1) is 5.82 Å². The van der Waals surface area contributed by atoms with Crippen molar-refractivity contribution in [2.45, 2.75) is 13.1 Å². The van der Waals surface area contributed by atoms with Gasteiger partial charge in [0.05, 0.1) is 15.6 Å². The van der Waals surface area contributed by atoms with E-state index in [0.29, 0.717) is 28.6 Å². The molecule has 5 nitrogen and oxygen atoms in total. The molecule has 0 bridgehead atoms. The molecule has 4 aromatic rings. The van der Waals surface area contributed by atoms with Crippen LogP contribution in [0.5, 0.6) is 0 Å². The van der Waals surface area contributed by atoms with Gasteiger partial charge in [0.15, 0.2) is 0 Å². The summed E-state index contributed by atoms with van der Waals surface area (Å²) in [7, 11) is 0. The Morgan fingerprint density at radius 3 is 2.41 bits per heavy atom. The monoisotopic (exact) mass is 470 g/mol. The normalized spacial score (nSPS) is 11.0. The zero-order chi connectivity index (χ0) is 22.8. The summed E-state index contributed by atoms with van der Waals surface area (Å²) in [6.45, 7) is 0.424. The predicted octanol–water partition coefficient (Wildman–Crippen LogP) is 5.76. The number of halogens is 3. The fraction of sp³-hybridized carbons (Fsp3) is 0.0833. The molecule has 162 valence electrons. The Morgan fingerprint density at radius 1 is 0.969 bits per heavy atom. The van der Waals surface area contributed by atoms with E-state index in [4.69, 9.17) is 23.2 Å². The summed E-state index contributed by atoms with van der Waals surface area (Å²) in [5.41, 5.74) is 2.20. The van der Waals surface area contributed by atoms with E-state index in [2.05, 4.69) is 5.32 Å². The number of nitrogens with zero attached hydrogens (tertiary/aromatic N) is 1. The number of carboxylic acids is 1. The Kier molecular flexibility index (Phi) is 6.17. The minimum Gasteiger partial charge on any atom is -0.477 e. The van der Waals surface area contributed by atoms with Gasteiger partial charge in [0.25, 0.3) is 5.91 Å². The molecule has 1 heterocycles. The van der Waals surface area contributed by atoms with Crippen molar-refractivity contribution in [1.29, 1.82) is 0 Å². The molecule has 4 rings (SSSR count). The number of aromatic carboxylic acids is 1. The molecule has 0 aliphatic rings. The summed E-state index contributed by atoms with van der Waals surface area (Å²) in [5, 5.41) is 13.0. The summed E-state index contributed by atoms with van der Waals surface area (Å²) >= 11 is 12.1. The average molecular weight is 471 g/mol. The lowest BCUT2D eigenvalue weighted by atomic mass is 10.1. The van der Waals surface area contributed by atoms with E-state index in [1.54, 1.807) is 24.3 Å². The van der Waals surface area contributed by atoms with Crippen molar-refractivity contribution in [1.82, 2.24) is 9.88 Å². The second-order valence-electron chi connectivity index (χ2n) is 7.20. The molecule has 32 heavy (non-hydrogen) atoms. The fourth-order valence-corrected chi connectivity index (χ4v) is 3.98. The molecule has 0 atom stereocenters. The number of carbonyl (C=O) groups excluding carboxylic acids is 1. The Morgan fingerprint density at radius 2 is 1.72 bits per heavy atom. The van der Waals surface area contributed by atoms with E-state index in [9.17, 15) is 19.1 Å². The van der Waals surface area contributed by atoms with Crippen LogP contribution in [0.1, 0.15) is 32.0 Å². The number of amides is 1. The van der Waals surface area contributed by atoms with Gasteiger partial charge in [-0.25, -0.2) is 9.18 Å². The molecule has 3 aromatic carbocycles. The quantitative estimate of drug-likeness (QED) is 0.376. The van der Waals surface area contributed by atoms with Crippen molar-refractivity contribution in [3.05, 3.63) is 105 Å². The van der Waals surface area contributed by atoms with Crippen LogP contribution in [0.2, 0.25) is 10.0 Å². The summed E-state index contributed by atoms with van der Waals surface area (Å²) in [5.74, 6) is -2.13. The summed E-state index contributed by atoms with van der Waals surface area (Å²) in [6, 6.07) is 18.5. The number of hydrogen-bond acceptors (Lipinski definition) is 2. The smallest absolute Gasteiger partial charge is 0.354 e. The third-order valence-electron chi connectivity index (χ3n) is 5.09. The van der Waals surface area contributed by atoms with Crippen LogP contribution < -0.4 is 5.32 Å². The van der Waals surface area contributed by atoms with Gasteiger partial charge in [0.1, 0.15) is 11.5 Å². The van der Waals surface area contributed by atoms with Crippen molar-refractivity contribution in [3.63, 3.8) is 0 Å². The Hall–Kier alpha value is -3.35. The maximum atomic E-state index is 13.9. The molecule has 0 radical (unpaired) electrons. The molecule has 0 spiro atoms. The van der Waals surface area contributed by atoms with Crippen molar-refractivity contribution >= 4 is 46.0 Å². The average Bonchev–Trinajstić information content (AvgIpc) is 3.06. The fourth-order valence-electron chi connectivity index (χ4n) is 3.53. The third-order valence-corrected chi connectivity index (χ3v) is 5.78. The summed E-state index contributed by atoms with van der Waals surface area (Å²) in [6.07, 6.45) is 0. The first-order valence-corrected chi connectivity index (χ1v) is 10.4. The van der Waals surface area contributed by atoms with E-state index in [1.165, 1.54) is 16.7 Å². The molecule has 0 saturated carbocycles. The number of carbonyl (C=O) groups is 2. The van der Waals surface area contributed by atoms with E-state index >= 15 is 0 Å². The molecule has 0 unspecified atom stereocenters. The Bertz CT molecular complexity index is 1340. The molecule has 0 fully saturated rings. The van der Waals surface area contributed by atoms with Crippen LogP contribution in [0.15, 0.2) is 66.7 Å². The lowest BCUT2D eigenvalue weighted by Crippen LogP contribution is -2.22. The highest BCUT2D eigenvalue weighted by atomic mass is 35.5. The maximum Gasteiger partial charge on any atom is 0.354 e. The molecular formula is C24H17Cl2FN2O3. The molecule has 2 N–H and O–H groups in total. The van der Waals surface area contributed by atoms with Gasteiger partial charge in [-0.2, -0.15) is 0 Å². The van der Waals surface area contributed by atoms with Crippen LogP contribution >= 0.6 is 23.2 Å². The van der Waals surface area contributed by atoms with Gasteiger partial charge in [-0.3, -0.25) is 4.79 Å². The topological polar surface area (TPSA) is 71.3 Å². The lowest BCUT2D eigenvalue weighted by Gasteiger charge is -2.10. The van der Waals surface area contributed by atoms with Gasteiger partial charge in [0, 0.05) is 24.0 Å². The second kappa shape index (κ2) is 9.02. The SMILES string of the molecule is O=C(NCc1ccccc1)c1ccc2c(c1)c(Cl)c(C(=O)O)n2Cc1ccc(Cl)c(F)c1. The van der Waals surface area contributed by atoms with Crippen LogP contribution in [0.3, 0.4) is 0 Å². The number of carboxylic acid groups (broad SMARTS) is 1. The van der Waals surface area contributed by atoms with Crippen molar-refractivity contribution in [2.24, 2.45) is 0 Å². The van der Waals surface area contributed by atoms with Gasteiger partial charge in [-0.15, -0.1) is 0 Å². The molecule has 0 aliphatic heterocycles. The highest BCUT2D eigenvalue weighted by Gasteiger charge is 2.22. The van der Waals surface area contributed by atoms with E-state index in [0.717, 1.165) is 5.56 Å². The first kappa shape index (κ1) is 21.9. The second-order valence-corrected chi connectivity index (χ2v) is 7.99. The zero-order valence-electron chi connectivity index (χ0n) is 16.6. The van der Waals surface area contributed by atoms with Crippen LogP contribution in [0.4, 0.5) is 4.39 Å². The molecule has 0 saturated heterocycles. The molecule has 8 heteroatoms. The highest BCUT2D eigenvalue weighted by Crippen LogP contribution is 2.32. The minimum atomic E-state index is -1.23. The van der Waals surface area contributed by atoms with Crippen LogP contribution in [-0.4, -0.2) is 21.6 Å². The number of aromatic nitrogens is 1. The highest BCUT2D eigenvalue weighted by molar-refractivity contribution is 6.38. The molecule has 1 amide bonds. The van der Waals surface area contributed by atoms with Gasteiger partial charge in [-0.05, 0) is 41.5 Å². The number of benzene rings is 3. The van der Waals surface area contributed by atoms with Gasteiger partial charge < -0.3 is 15.0 Å². The number of hydrogen-bond donors (Lipinski definition) is 2. The van der Waals surface area contributed by atoms with Gasteiger partial charge >= 0.3 is 5.97 Å². The molecule has 1 aromatic heterocycles. The number of nitrogens with one attached hydrogen (secondary N) is 1. The van der Waals surface area contributed by atoms with Crippen LogP contribution in [-0.2, 0) is 13.1 Å². The number of fused-ring (bicyclic) bond motifs is 1. The Balaban J connectivity index is 1.69. The van der Waals surface area contributed by atoms with E-state index in [1.807, 2.05) is 30.3 Å². The summed E-state index contributed by atoms with van der Waals surface area (Å²) < 4.78 is 15.3. The van der Waals surface area contributed by atoms with Gasteiger partial charge in [-0.1, -0.05) is 59.6 Å². The lowest BCUT2D eigenvalue weighted by molar-refractivity contribution is 0.0686. The van der Waals surface area contributed by atoms with Crippen molar-refractivity contribution in [2.75, 3.05) is 0 Å². The van der Waals surface area contributed by atoms with Crippen molar-refractivity contribution < 1.29 is 19.1 Å². The third kappa shape index (κ3) is 4.33. The molecular weight excluding hydrogens is 454 g/mol. The summed E-state index contributed by atoms with van der Waals surface area (Å²) in [4.78, 5) is 24.5. The minimum absolute atomic E-state index is 0.0136. The zero-order valence-corrected chi connectivity index (χ0v) is 18.1. The first-order chi connectivity index (χ1) is 15.3. The Labute approximate surface area is 193 Å². The van der Waals surface area contributed by atoms with Crippen LogP contribution in [0.25, 0.3) is 10.9 Å². The largest absolute Gasteiger partial charge is 0.477 e.